The Balaban J connectivity index is 2.68. The van der Waals surface area contributed by atoms with Crippen molar-refractivity contribution >= 4 is 29.3 Å². The van der Waals surface area contributed by atoms with Crippen LogP contribution < -0.4 is 5.32 Å². The van der Waals surface area contributed by atoms with Crippen molar-refractivity contribution < 1.29 is 4.74 Å². The number of hydrogen-bond acceptors (Lipinski definition) is 2. The van der Waals surface area contributed by atoms with Gasteiger partial charge in [-0.3, -0.25) is 0 Å². The molecule has 1 rings (SSSR count). The molecule has 100 valence electrons. The molecule has 1 aromatic rings. The van der Waals surface area contributed by atoms with Crippen molar-refractivity contribution in [2.75, 3.05) is 26.8 Å². The maximum Gasteiger partial charge on any atom is 0.0664 e. The molecule has 0 radical (unpaired) electrons. The predicted molar refractivity (Wildman–Crippen MR) is 79.5 cm³/mol. The molecule has 0 amide bonds. The molecular weight excluding hydrogens is 269 g/mol. The van der Waals surface area contributed by atoms with Crippen LogP contribution in [0.4, 0.5) is 0 Å². The van der Waals surface area contributed by atoms with Gasteiger partial charge in [0.25, 0.3) is 0 Å². The van der Waals surface area contributed by atoms with Crippen LogP contribution in [0.1, 0.15) is 18.9 Å². The van der Waals surface area contributed by atoms with Crippen LogP contribution in [0, 0.1) is 0 Å². The molecule has 0 aliphatic heterocycles. The van der Waals surface area contributed by atoms with Gasteiger partial charge in [0.05, 0.1) is 16.7 Å². The molecule has 0 spiro atoms. The first-order chi connectivity index (χ1) is 8.69. The summed E-state index contributed by atoms with van der Waals surface area (Å²) in [4.78, 5) is 0. The third kappa shape index (κ3) is 4.99. The summed E-state index contributed by atoms with van der Waals surface area (Å²) in [7, 11) is 1.70. The summed E-state index contributed by atoms with van der Waals surface area (Å²) in [5.74, 6) is 0. The maximum atomic E-state index is 6.16. The lowest BCUT2D eigenvalue weighted by molar-refractivity contribution is 0.200. The van der Waals surface area contributed by atoms with Crippen LogP contribution in [-0.4, -0.2) is 26.8 Å². The summed E-state index contributed by atoms with van der Waals surface area (Å²) >= 11 is 12.2. The van der Waals surface area contributed by atoms with Crippen molar-refractivity contribution in [3.63, 3.8) is 0 Å². The van der Waals surface area contributed by atoms with Gasteiger partial charge < -0.3 is 10.1 Å². The van der Waals surface area contributed by atoms with E-state index < -0.39 is 0 Å². The number of nitrogens with one attached hydrogen (secondary N) is 1. The number of halogens is 2. The molecule has 0 saturated heterocycles. The Morgan fingerprint density at radius 3 is 2.83 bits per heavy atom. The second-order valence-electron chi connectivity index (χ2n) is 3.97. The van der Waals surface area contributed by atoms with Crippen molar-refractivity contribution in [2.24, 2.45) is 0 Å². The number of hydrogen-bond donors (Lipinski definition) is 1. The first kappa shape index (κ1) is 15.5. The zero-order chi connectivity index (χ0) is 13.4. The molecule has 2 nitrogen and oxygen atoms in total. The lowest BCUT2D eigenvalue weighted by Crippen LogP contribution is -2.21. The predicted octanol–water partition coefficient (Wildman–Crippen LogP) is 4.02. The van der Waals surface area contributed by atoms with Crippen molar-refractivity contribution in [2.45, 2.75) is 13.3 Å². The number of ether oxygens (including phenoxy) is 1. The summed E-state index contributed by atoms with van der Waals surface area (Å²) in [5.41, 5.74) is 2.25. The first-order valence-corrected chi connectivity index (χ1v) is 6.77. The lowest BCUT2D eigenvalue weighted by Gasteiger charge is -2.08. The molecule has 0 aromatic heterocycles. The van der Waals surface area contributed by atoms with E-state index in [4.69, 9.17) is 27.9 Å². The quantitative estimate of drug-likeness (QED) is 0.765. The third-order valence-electron chi connectivity index (χ3n) is 2.63. The molecule has 18 heavy (non-hydrogen) atoms. The molecule has 1 aromatic carbocycles. The molecule has 0 aliphatic carbocycles. The van der Waals surface area contributed by atoms with Crippen LogP contribution in [-0.2, 0) is 4.74 Å². The summed E-state index contributed by atoms with van der Waals surface area (Å²) < 4.78 is 4.99. The van der Waals surface area contributed by atoms with E-state index in [9.17, 15) is 0 Å². The minimum absolute atomic E-state index is 0.591. The van der Waals surface area contributed by atoms with Gasteiger partial charge in [-0.05, 0) is 18.1 Å². The Morgan fingerprint density at radius 2 is 2.17 bits per heavy atom. The summed E-state index contributed by atoms with van der Waals surface area (Å²) in [6, 6.07) is 5.67. The highest BCUT2D eigenvalue weighted by Gasteiger charge is 2.03. The minimum atomic E-state index is 0.591. The highest BCUT2D eigenvalue weighted by atomic mass is 35.5. The van der Waals surface area contributed by atoms with Gasteiger partial charge in [0, 0.05) is 20.2 Å². The molecule has 0 unspecified atom stereocenters. The average Bonchev–Trinajstić information content (AvgIpc) is 2.38. The van der Waals surface area contributed by atoms with Crippen LogP contribution >= 0.6 is 23.2 Å². The van der Waals surface area contributed by atoms with E-state index in [2.05, 4.69) is 18.3 Å². The van der Waals surface area contributed by atoms with Gasteiger partial charge in [0.2, 0.25) is 0 Å². The molecule has 0 saturated carbocycles. The minimum Gasteiger partial charge on any atom is -0.383 e. The van der Waals surface area contributed by atoms with E-state index in [0.717, 1.165) is 31.7 Å². The van der Waals surface area contributed by atoms with Gasteiger partial charge in [-0.15, -0.1) is 0 Å². The van der Waals surface area contributed by atoms with Crippen LogP contribution in [0.15, 0.2) is 23.8 Å². The molecule has 0 bridgehead atoms. The van der Waals surface area contributed by atoms with Gasteiger partial charge in [-0.1, -0.05) is 53.9 Å². The van der Waals surface area contributed by atoms with E-state index in [-0.39, 0.29) is 0 Å². The highest BCUT2D eigenvalue weighted by molar-refractivity contribution is 6.42. The van der Waals surface area contributed by atoms with Gasteiger partial charge >= 0.3 is 0 Å². The van der Waals surface area contributed by atoms with E-state index in [1.54, 1.807) is 13.2 Å². The van der Waals surface area contributed by atoms with Crippen molar-refractivity contribution in [3.05, 3.63) is 39.4 Å². The molecular formula is C14H19Cl2NO. The number of rotatable bonds is 7. The van der Waals surface area contributed by atoms with Gasteiger partial charge in [-0.2, -0.15) is 0 Å². The average molecular weight is 288 g/mol. The monoisotopic (exact) mass is 287 g/mol. The molecule has 0 aliphatic rings. The Morgan fingerprint density at radius 1 is 1.39 bits per heavy atom. The van der Waals surface area contributed by atoms with E-state index in [0.29, 0.717) is 10.0 Å². The van der Waals surface area contributed by atoms with Crippen LogP contribution in [0.2, 0.25) is 10.0 Å². The Bertz CT molecular complexity index is 405. The van der Waals surface area contributed by atoms with Crippen molar-refractivity contribution in [3.8, 4) is 0 Å². The Labute approximate surface area is 119 Å². The number of benzene rings is 1. The van der Waals surface area contributed by atoms with Crippen LogP contribution in [0.3, 0.4) is 0 Å². The zero-order valence-corrected chi connectivity index (χ0v) is 12.3. The summed E-state index contributed by atoms with van der Waals surface area (Å²) in [5, 5.41) is 4.53. The topological polar surface area (TPSA) is 21.3 Å². The SMILES string of the molecule is CCC(=Cc1cccc(Cl)c1Cl)CNCCOC. The second kappa shape index (κ2) is 8.54. The maximum absolute atomic E-state index is 6.16. The second-order valence-corrected chi connectivity index (χ2v) is 4.75. The van der Waals surface area contributed by atoms with Crippen LogP contribution in [0.5, 0.6) is 0 Å². The van der Waals surface area contributed by atoms with Crippen molar-refractivity contribution in [1.82, 2.24) is 5.32 Å². The highest BCUT2D eigenvalue weighted by Crippen LogP contribution is 2.27. The first-order valence-electron chi connectivity index (χ1n) is 6.02. The van der Waals surface area contributed by atoms with E-state index in [1.807, 2.05) is 12.1 Å². The lowest BCUT2D eigenvalue weighted by atomic mass is 10.1. The molecule has 0 fully saturated rings. The summed E-state index contributed by atoms with van der Waals surface area (Å²) in [6.45, 7) is 4.52. The Kier molecular flexibility index (Phi) is 7.36. The molecule has 0 heterocycles. The zero-order valence-electron chi connectivity index (χ0n) is 10.8. The van der Waals surface area contributed by atoms with E-state index in [1.165, 1.54) is 5.57 Å². The normalized spacial score (nSPS) is 11.9. The van der Waals surface area contributed by atoms with Gasteiger partial charge in [0.1, 0.15) is 0 Å². The molecule has 0 atom stereocenters. The fourth-order valence-corrected chi connectivity index (χ4v) is 1.92. The largest absolute Gasteiger partial charge is 0.383 e. The van der Waals surface area contributed by atoms with Gasteiger partial charge in [-0.25, -0.2) is 0 Å². The Hall–Kier alpha value is -0.540. The smallest absolute Gasteiger partial charge is 0.0664 e. The fraction of sp³-hybridized carbons (Fsp3) is 0.429. The van der Waals surface area contributed by atoms with Crippen molar-refractivity contribution in [1.29, 1.82) is 0 Å². The standard InChI is InChI=1S/C14H19Cl2NO/c1-3-11(10-17-7-8-18-2)9-12-5-4-6-13(15)14(12)16/h4-6,9,17H,3,7-8,10H2,1-2H3. The van der Waals surface area contributed by atoms with Gasteiger partial charge in [0.15, 0.2) is 0 Å². The molecule has 1 N–H and O–H groups in total. The summed E-state index contributed by atoms with van der Waals surface area (Å²) in [6.07, 6.45) is 3.07. The van der Waals surface area contributed by atoms with E-state index >= 15 is 0 Å². The molecule has 4 heteroatoms. The fourth-order valence-electron chi connectivity index (χ4n) is 1.55. The van der Waals surface area contributed by atoms with Crippen LogP contribution in [0.25, 0.3) is 6.08 Å². The third-order valence-corrected chi connectivity index (χ3v) is 3.46. The number of methoxy groups -OCH3 is 1.